The molecule has 28 heavy (non-hydrogen) atoms. The van der Waals surface area contributed by atoms with Gasteiger partial charge >= 0.3 is 0 Å². The van der Waals surface area contributed by atoms with Crippen LogP contribution in [0.3, 0.4) is 0 Å². The van der Waals surface area contributed by atoms with Gasteiger partial charge in [-0.05, 0) is 80.5 Å². The molecule has 2 N–H and O–H groups in total. The zero-order valence-electron chi connectivity index (χ0n) is 16.4. The number of rotatable bonds is 3. The molecule has 0 unspecified atom stereocenters. The van der Waals surface area contributed by atoms with E-state index < -0.39 is 0 Å². The number of hydrogen-bond donors (Lipinski definition) is 2. The van der Waals surface area contributed by atoms with Crippen LogP contribution in [-0.4, -0.2) is 27.9 Å². The smallest absolute Gasteiger partial charge is 0.254 e. The van der Waals surface area contributed by atoms with Crippen LogP contribution in [0.1, 0.15) is 52.7 Å². The molecule has 5 heteroatoms. The molecule has 0 radical (unpaired) electrons. The first-order chi connectivity index (χ1) is 13.4. The molecule has 2 amide bonds. The van der Waals surface area contributed by atoms with Gasteiger partial charge in [-0.15, -0.1) is 0 Å². The molecule has 1 aliphatic heterocycles. The van der Waals surface area contributed by atoms with E-state index in [1.807, 2.05) is 24.0 Å². The van der Waals surface area contributed by atoms with Gasteiger partial charge in [-0.25, -0.2) is 0 Å². The molecule has 0 aromatic heterocycles. The summed E-state index contributed by atoms with van der Waals surface area (Å²) in [6, 6.07) is 11.2. The average Bonchev–Trinajstić information content (AvgIpc) is 3.03. The van der Waals surface area contributed by atoms with Crippen LogP contribution in [0, 0.1) is 19.8 Å². The third kappa shape index (κ3) is 3.37. The quantitative estimate of drug-likeness (QED) is 0.788. The lowest BCUT2D eigenvalue weighted by molar-refractivity contribution is -0.121. The van der Waals surface area contributed by atoms with Gasteiger partial charge < -0.3 is 15.3 Å². The number of hydrogen-bond acceptors (Lipinski definition) is 3. The summed E-state index contributed by atoms with van der Waals surface area (Å²) in [4.78, 5) is 27.4. The van der Waals surface area contributed by atoms with Crippen molar-refractivity contribution in [3.63, 3.8) is 0 Å². The molecule has 2 aliphatic rings. The van der Waals surface area contributed by atoms with Crippen molar-refractivity contribution in [3.05, 3.63) is 58.7 Å². The fraction of sp³-hybridized carbons (Fsp3) is 0.391. The molecule has 0 atom stereocenters. The number of benzene rings is 2. The second-order valence-electron chi connectivity index (χ2n) is 8.03. The van der Waals surface area contributed by atoms with Gasteiger partial charge in [-0.3, -0.25) is 9.59 Å². The van der Waals surface area contributed by atoms with E-state index in [1.54, 1.807) is 18.2 Å². The number of aromatic hydroxyl groups is 1. The van der Waals surface area contributed by atoms with Crippen LogP contribution >= 0.6 is 0 Å². The summed E-state index contributed by atoms with van der Waals surface area (Å²) < 4.78 is 0. The molecule has 1 saturated carbocycles. The van der Waals surface area contributed by atoms with Crippen molar-refractivity contribution in [2.24, 2.45) is 5.92 Å². The largest absolute Gasteiger partial charge is 0.508 e. The lowest BCUT2D eigenvalue weighted by Gasteiger charge is -2.34. The van der Waals surface area contributed by atoms with Crippen LogP contribution in [0.4, 0.5) is 5.69 Å². The van der Waals surface area contributed by atoms with Crippen LogP contribution in [-0.2, 0) is 11.3 Å². The zero-order valence-corrected chi connectivity index (χ0v) is 16.4. The summed E-state index contributed by atoms with van der Waals surface area (Å²) in [6.45, 7) is 4.56. The maximum absolute atomic E-state index is 12.8. The van der Waals surface area contributed by atoms with Crippen molar-refractivity contribution in [2.45, 2.75) is 52.1 Å². The monoisotopic (exact) mass is 378 g/mol. The Hall–Kier alpha value is -2.82. The minimum atomic E-state index is -0.0350. The van der Waals surface area contributed by atoms with Gasteiger partial charge in [0.25, 0.3) is 5.91 Å². The summed E-state index contributed by atoms with van der Waals surface area (Å²) in [5.74, 6) is 0.346. The maximum atomic E-state index is 12.8. The number of phenols is 1. The average molecular weight is 378 g/mol. The highest BCUT2D eigenvalue weighted by molar-refractivity contribution is 5.99. The fourth-order valence-electron chi connectivity index (χ4n) is 4.43. The first-order valence-electron chi connectivity index (χ1n) is 9.94. The van der Waals surface area contributed by atoms with E-state index in [0.717, 1.165) is 42.4 Å². The highest BCUT2D eigenvalue weighted by Crippen LogP contribution is 2.34. The molecule has 2 aromatic carbocycles. The molecule has 0 spiro atoms. The van der Waals surface area contributed by atoms with Crippen LogP contribution < -0.4 is 5.32 Å². The predicted molar refractivity (Wildman–Crippen MR) is 108 cm³/mol. The Kier molecular flexibility index (Phi) is 4.84. The molecule has 2 aromatic rings. The number of aryl methyl sites for hydroxylation is 2. The van der Waals surface area contributed by atoms with Gasteiger partial charge in [0, 0.05) is 29.8 Å². The van der Waals surface area contributed by atoms with Crippen LogP contribution in [0.5, 0.6) is 5.75 Å². The van der Waals surface area contributed by atoms with Gasteiger partial charge in [0.05, 0.1) is 0 Å². The van der Waals surface area contributed by atoms with Crippen LogP contribution in [0.25, 0.3) is 0 Å². The molecule has 1 aliphatic carbocycles. The minimum absolute atomic E-state index is 0.0235. The van der Waals surface area contributed by atoms with Crippen molar-refractivity contribution in [1.82, 2.24) is 4.90 Å². The number of phenolic OH excluding ortho intramolecular Hbond substituents is 1. The summed E-state index contributed by atoms with van der Waals surface area (Å²) in [6.07, 6.45) is 3.27. The van der Waals surface area contributed by atoms with Crippen molar-refractivity contribution >= 4 is 17.5 Å². The Morgan fingerprint density at radius 1 is 1.07 bits per heavy atom. The topological polar surface area (TPSA) is 69.6 Å². The van der Waals surface area contributed by atoms with E-state index in [1.165, 1.54) is 5.56 Å². The summed E-state index contributed by atoms with van der Waals surface area (Å²) in [5.41, 5.74) is 4.61. The normalized spacial score (nSPS) is 21.5. The first kappa shape index (κ1) is 18.5. The van der Waals surface area contributed by atoms with Gasteiger partial charge in [0.2, 0.25) is 5.91 Å². The Morgan fingerprint density at radius 3 is 2.50 bits per heavy atom. The molecular weight excluding hydrogens is 352 g/mol. The number of amides is 2. The predicted octanol–water partition coefficient (Wildman–Crippen LogP) is 4.16. The van der Waals surface area contributed by atoms with E-state index >= 15 is 0 Å². The first-order valence-corrected chi connectivity index (χ1v) is 9.94. The number of fused-ring (bicyclic) bond motifs is 1. The summed E-state index contributed by atoms with van der Waals surface area (Å²) in [5, 5.41) is 12.6. The minimum Gasteiger partial charge on any atom is -0.508 e. The number of anilines is 1. The van der Waals surface area contributed by atoms with Crippen LogP contribution in [0.2, 0.25) is 0 Å². The second kappa shape index (κ2) is 7.30. The van der Waals surface area contributed by atoms with E-state index in [-0.39, 0.29) is 29.5 Å². The van der Waals surface area contributed by atoms with E-state index in [4.69, 9.17) is 0 Å². The number of nitrogens with zero attached hydrogens (tertiary/aromatic N) is 1. The molecule has 4 rings (SSSR count). The Bertz CT molecular complexity index is 929. The Labute approximate surface area is 165 Å². The summed E-state index contributed by atoms with van der Waals surface area (Å²) in [7, 11) is 0. The van der Waals surface area contributed by atoms with E-state index in [0.29, 0.717) is 12.2 Å². The third-order valence-electron chi connectivity index (χ3n) is 6.20. The van der Waals surface area contributed by atoms with E-state index in [9.17, 15) is 14.7 Å². The Morgan fingerprint density at radius 2 is 1.82 bits per heavy atom. The van der Waals surface area contributed by atoms with Crippen molar-refractivity contribution in [3.8, 4) is 5.75 Å². The zero-order chi connectivity index (χ0) is 19.8. The summed E-state index contributed by atoms with van der Waals surface area (Å²) >= 11 is 0. The Balaban J connectivity index is 1.36. The van der Waals surface area contributed by atoms with Crippen molar-refractivity contribution < 1.29 is 14.7 Å². The van der Waals surface area contributed by atoms with Crippen LogP contribution in [0.15, 0.2) is 36.4 Å². The number of carbonyl (C=O) groups is 2. The maximum Gasteiger partial charge on any atom is 0.254 e. The van der Waals surface area contributed by atoms with Gasteiger partial charge in [0.15, 0.2) is 0 Å². The van der Waals surface area contributed by atoms with Gasteiger partial charge in [0.1, 0.15) is 5.75 Å². The highest BCUT2D eigenvalue weighted by atomic mass is 16.3. The molecule has 146 valence electrons. The molecular formula is C23H26N2O3. The molecule has 1 heterocycles. The second-order valence-corrected chi connectivity index (χ2v) is 8.03. The number of nitrogens with one attached hydrogen (secondary N) is 1. The van der Waals surface area contributed by atoms with Crippen molar-refractivity contribution in [2.75, 3.05) is 5.32 Å². The third-order valence-corrected chi connectivity index (χ3v) is 6.20. The molecule has 0 bridgehead atoms. The SMILES string of the molecule is Cc1cc(NC(=O)C2CCC(N3Cc4c(C)cccc4C3=O)CC2)ccc1O. The molecule has 1 fully saturated rings. The van der Waals surface area contributed by atoms with E-state index in [2.05, 4.69) is 18.3 Å². The van der Waals surface area contributed by atoms with Gasteiger partial charge in [-0.1, -0.05) is 12.1 Å². The van der Waals surface area contributed by atoms with Crippen molar-refractivity contribution in [1.29, 1.82) is 0 Å². The highest BCUT2D eigenvalue weighted by Gasteiger charge is 2.36. The fourth-order valence-corrected chi connectivity index (χ4v) is 4.43. The molecule has 5 nitrogen and oxygen atoms in total. The van der Waals surface area contributed by atoms with Gasteiger partial charge in [-0.2, -0.15) is 0 Å². The lowest BCUT2D eigenvalue weighted by Crippen LogP contribution is -2.40. The lowest BCUT2D eigenvalue weighted by atomic mass is 9.84. The molecule has 0 saturated heterocycles. The number of carbonyl (C=O) groups excluding carboxylic acids is 2. The standard InChI is InChI=1S/C23H26N2O3/c1-14-4-3-5-19-20(14)13-25(23(19)28)18-9-6-16(7-10-18)22(27)24-17-8-11-21(26)15(2)12-17/h3-5,8,11-12,16,18,26H,6-7,9-10,13H2,1-2H3,(H,24,27).